The van der Waals surface area contributed by atoms with Gasteiger partial charge in [-0.3, -0.25) is 9.59 Å². The van der Waals surface area contributed by atoms with Crippen molar-refractivity contribution < 1.29 is 14.3 Å². The van der Waals surface area contributed by atoms with Gasteiger partial charge < -0.3 is 25.6 Å². The van der Waals surface area contributed by atoms with Crippen LogP contribution in [0.15, 0.2) is 72.9 Å². The molecule has 0 spiro atoms. The number of nitrogens with two attached hydrogens (primary N) is 1. The number of para-hydroxylation sites is 2. The molecule has 1 aromatic heterocycles. The Morgan fingerprint density at radius 3 is 2.54 bits per heavy atom. The first kappa shape index (κ1) is 27.7. The van der Waals surface area contributed by atoms with Crippen LogP contribution in [0.2, 0.25) is 0 Å². The van der Waals surface area contributed by atoms with Gasteiger partial charge >= 0.3 is 0 Å². The van der Waals surface area contributed by atoms with Crippen LogP contribution < -0.4 is 16.0 Å². The van der Waals surface area contributed by atoms with Gasteiger partial charge in [0.05, 0.1) is 23.5 Å². The molecule has 4 rings (SSSR count). The fourth-order valence-electron chi connectivity index (χ4n) is 4.22. The van der Waals surface area contributed by atoms with Crippen LogP contribution in [0.1, 0.15) is 35.7 Å². The number of carbonyl (C=O) groups is 2. The normalized spacial score (nSPS) is 14.4. The molecule has 1 aliphatic heterocycles. The van der Waals surface area contributed by atoms with Gasteiger partial charge in [-0.1, -0.05) is 42.5 Å². The Labute approximate surface area is 219 Å². The highest BCUT2D eigenvalue weighted by Gasteiger charge is 2.21. The van der Waals surface area contributed by atoms with E-state index in [1.807, 2.05) is 53.4 Å². The molecule has 1 atom stereocenters. The molecular formula is C29H37N5O3. The summed E-state index contributed by atoms with van der Waals surface area (Å²) < 4.78 is 4.93. The molecule has 2 aromatic carbocycles. The van der Waals surface area contributed by atoms with Crippen molar-refractivity contribution in [3.63, 3.8) is 0 Å². The zero-order chi connectivity index (χ0) is 26.5. The van der Waals surface area contributed by atoms with Gasteiger partial charge in [0, 0.05) is 39.5 Å². The van der Waals surface area contributed by atoms with Gasteiger partial charge in [0.25, 0.3) is 5.91 Å². The largest absolute Gasteiger partial charge is 0.397 e. The highest BCUT2D eigenvalue weighted by molar-refractivity contribution is 6.05. The number of likely N-dealkylation sites (tertiary alicyclic amines) is 1. The van der Waals surface area contributed by atoms with Crippen LogP contribution in [0.4, 0.5) is 17.2 Å². The Bertz CT molecular complexity index is 1110. The molecule has 2 amide bonds. The second-order valence-corrected chi connectivity index (χ2v) is 8.99. The number of nitrogens with one attached hydrogen (secondary N) is 1. The third kappa shape index (κ3) is 8.61. The van der Waals surface area contributed by atoms with Crippen LogP contribution >= 0.6 is 0 Å². The summed E-state index contributed by atoms with van der Waals surface area (Å²) in [6.45, 7) is 6.22. The maximum absolute atomic E-state index is 12.4. The summed E-state index contributed by atoms with van der Waals surface area (Å²) in [6, 6.07) is 20.9. The number of methoxy groups -OCH3 is 1. The smallest absolute Gasteiger partial charge is 0.257 e. The SMILES string of the molecule is CCN(CCC1CCN(C=O)C1)c1ccc(C(=O)Nc2ccccc2N)cn1.COCc1ccccc1. The molecule has 3 N–H and O–H groups in total. The summed E-state index contributed by atoms with van der Waals surface area (Å²) in [5.74, 6) is 1.16. The third-order valence-electron chi connectivity index (χ3n) is 6.35. The summed E-state index contributed by atoms with van der Waals surface area (Å²) in [5, 5.41) is 2.81. The van der Waals surface area contributed by atoms with Crippen molar-refractivity contribution in [2.45, 2.75) is 26.4 Å². The maximum atomic E-state index is 12.4. The number of hydrogen-bond donors (Lipinski definition) is 2. The minimum atomic E-state index is -0.236. The monoisotopic (exact) mass is 503 g/mol. The van der Waals surface area contributed by atoms with Crippen LogP contribution in [0, 0.1) is 5.92 Å². The first-order valence-electron chi connectivity index (χ1n) is 12.6. The molecule has 3 aromatic rings. The summed E-state index contributed by atoms with van der Waals surface area (Å²) >= 11 is 0. The molecule has 0 bridgehead atoms. The number of ether oxygens (including phenoxy) is 1. The molecule has 37 heavy (non-hydrogen) atoms. The van der Waals surface area contributed by atoms with Crippen molar-refractivity contribution in [2.75, 3.05) is 49.2 Å². The van der Waals surface area contributed by atoms with E-state index in [0.29, 0.717) is 29.5 Å². The van der Waals surface area contributed by atoms with E-state index >= 15 is 0 Å². The first-order valence-corrected chi connectivity index (χ1v) is 12.6. The van der Waals surface area contributed by atoms with E-state index in [0.717, 1.165) is 51.2 Å². The van der Waals surface area contributed by atoms with Crippen molar-refractivity contribution in [2.24, 2.45) is 5.92 Å². The fraction of sp³-hybridized carbons (Fsp3) is 0.345. The first-order chi connectivity index (χ1) is 18.0. The van der Waals surface area contributed by atoms with Crippen molar-refractivity contribution in [1.82, 2.24) is 9.88 Å². The Kier molecular flexibility index (Phi) is 10.9. The quantitative estimate of drug-likeness (QED) is 0.313. The lowest BCUT2D eigenvalue weighted by atomic mass is 10.0. The van der Waals surface area contributed by atoms with E-state index in [1.54, 1.807) is 31.5 Å². The molecule has 1 saturated heterocycles. The molecule has 0 radical (unpaired) electrons. The topological polar surface area (TPSA) is 101 Å². The van der Waals surface area contributed by atoms with Gasteiger partial charge in [0.1, 0.15) is 5.82 Å². The molecule has 1 unspecified atom stereocenters. The van der Waals surface area contributed by atoms with Crippen LogP contribution in [-0.2, 0) is 16.1 Å². The number of rotatable bonds is 10. The molecule has 0 aliphatic carbocycles. The molecule has 0 saturated carbocycles. The van der Waals surface area contributed by atoms with Crippen LogP contribution in [0.25, 0.3) is 0 Å². The number of nitrogens with zero attached hydrogens (tertiary/aromatic N) is 3. The summed E-state index contributed by atoms with van der Waals surface area (Å²) in [5.41, 5.74) is 8.70. The summed E-state index contributed by atoms with van der Waals surface area (Å²) in [7, 11) is 1.70. The third-order valence-corrected chi connectivity index (χ3v) is 6.35. The van der Waals surface area contributed by atoms with Gasteiger partial charge in [-0.15, -0.1) is 0 Å². The number of nitrogen functional groups attached to an aromatic ring is 1. The highest BCUT2D eigenvalue weighted by atomic mass is 16.5. The zero-order valence-electron chi connectivity index (χ0n) is 21.7. The van der Waals surface area contributed by atoms with Crippen LogP contribution in [-0.4, -0.2) is 55.5 Å². The van der Waals surface area contributed by atoms with Gasteiger partial charge in [-0.25, -0.2) is 4.98 Å². The Morgan fingerprint density at radius 2 is 1.92 bits per heavy atom. The van der Waals surface area contributed by atoms with E-state index in [4.69, 9.17) is 10.5 Å². The average molecular weight is 504 g/mol. The molecule has 2 heterocycles. The van der Waals surface area contributed by atoms with Crippen molar-refractivity contribution in [3.8, 4) is 0 Å². The number of hydrogen-bond acceptors (Lipinski definition) is 6. The van der Waals surface area contributed by atoms with Crippen molar-refractivity contribution >= 4 is 29.5 Å². The minimum absolute atomic E-state index is 0.236. The number of anilines is 3. The Hall–Kier alpha value is -3.91. The lowest BCUT2D eigenvalue weighted by Crippen LogP contribution is -2.27. The van der Waals surface area contributed by atoms with Gasteiger partial charge in [0.2, 0.25) is 6.41 Å². The summed E-state index contributed by atoms with van der Waals surface area (Å²) in [6.07, 6.45) is 4.61. The van der Waals surface area contributed by atoms with Gasteiger partial charge in [0.15, 0.2) is 0 Å². The van der Waals surface area contributed by atoms with E-state index < -0.39 is 0 Å². The maximum Gasteiger partial charge on any atom is 0.257 e. The van der Waals surface area contributed by atoms with Crippen molar-refractivity contribution in [3.05, 3.63) is 84.1 Å². The van der Waals surface area contributed by atoms with E-state index in [-0.39, 0.29) is 5.91 Å². The lowest BCUT2D eigenvalue weighted by Gasteiger charge is -2.23. The molecular weight excluding hydrogens is 466 g/mol. The molecule has 1 fully saturated rings. The average Bonchev–Trinajstić information content (AvgIpc) is 3.40. The number of pyridine rings is 1. The number of carbonyl (C=O) groups excluding carboxylic acids is 2. The van der Waals surface area contributed by atoms with Gasteiger partial charge in [-0.2, -0.15) is 0 Å². The van der Waals surface area contributed by atoms with E-state index in [1.165, 1.54) is 5.56 Å². The molecule has 196 valence electrons. The van der Waals surface area contributed by atoms with Gasteiger partial charge in [-0.05, 0) is 55.5 Å². The second-order valence-electron chi connectivity index (χ2n) is 8.99. The van der Waals surface area contributed by atoms with Crippen LogP contribution in [0.3, 0.4) is 0 Å². The second kappa shape index (κ2) is 14.6. The lowest BCUT2D eigenvalue weighted by molar-refractivity contribution is -0.117. The minimum Gasteiger partial charge on any atom is -0.397 e. The summed E-state index contributed by atoms with van der Waals surface area (Å²) in [4.78, 5) is 31.8. The molecule has 8 nitrogen and oxygen atoms in total. The highest BCUT2D eigenvalue weighted by Crippen LogP contribution is 2.21. The molecule has 1 aliphatic rings. The molecule has 8 heteroatoms. The van der Waals surface area contributed by atoms with E-state index in [9.17, 15) is 9.59 Å². The zero-order valence-corrected chi connectivity index (χ0v) is 21.7. The predicted octanol–water partition coefficient (Wildman–Crippen LogP) is 4.44. The number of amides is 2. The number of aromatic nitrogens is 1. The number of benzene rings is 2. The Morgan fingerprint density at radius 1 is 1.16 bits per heavy atom. The predicted molar refractivity (Wildman–Crippen MR) is 148 cm³/mol. The fourth-order valence-corrected chi connectivity index (χ4v) is 4.22. The van der Waals surface area contributed by atoms with Crippen molar-refractivity contribution in [1.29, 1.82) is 0 Å². The van der Waals surface area contributed by atoms with Crippen LogP contribution in [0.5, 0.6) is 0 Å². The standard InChI is InChI=1S/C21H27N5O2.C8H10O/c1-2-26(12-10-16-9-11-25(14-16)15-27)20-8-7-17(13-23-20)21(28)24-19-6-4-3-5-18(19)22;1-9-7-8-5-3-2-4-6-8/h3-8,13,15-16H,2,9-12,14,22H2,1H3,(H,24,28);2-6H,7H2,1H3. The van der Waals surface area contributed by atoms with E-state index in [2.05, 4.69) is 22.1 Å². The Balaban J connectivity index is 0.000000356.